The van der Waals surface area contributed by atoms with Crippen LogP contribution in [-0.2, 0) is 4.74 Å². The van der Waals surface area contributed by atoms with Gasteiger partial charge in [0.1, 0.15) is 5.52 Å². The van der Waals surface area contributed by atoms with Gasteiger partial charge < -0.3 is 4.74 Å². The topological polar surface area (TPSA) is 72.8 Å². The van der Waals surface area contributed by atoms with Crippen molar-refractivity contribution in [3.8, 4) is 0 Å². The molecule has 1 unspecified atom stereocenters. The van der Waals surface area contributed by atoms with Crippen LogP contribution in [0.4, 0.5) is 0 Å². The Morgan fingerprint density at radius 3 is 3.05 bits per heavy atom. The van der Waals surface area contributed by atoms with E-state index in [0.717, 1.165) is 35.9 Å². The molecular weight excluding hydrogens is 256 g/mol. The number of imidazole rings is 1. The number of rotatable bonds is 1. The van der Waals surface area contributed by atoms with Crippen LogP contribution in [0.1, 0.15) is 18.9 Å². The van der Waals surface area contributed by atoms with Crippen molar-refractivity contribution in [1.82, 2.24) is 19.7 Å². The quantitative estimate of drug-likeness (QED) is 0.729. The van der Waals surface area contributed by atoms with Gasteiger partial charge in [-0.3, -0.25) is 9.55 Å². The highest BCUT2D eigenvalue weighted by molar-refractivity contribution is 6.00. The van der Waals surface area contributed by atoms with Crippen LogP contribution in [0.2, 0.25) is 0 Å². The minimum Gasteiger partial charge on any atom is -0.379 e. The summed E-state index contributed by atoms with van der Waals surface area (Å²) in [6.07, 6.45) is 1.92. The number of benzene rings is 1. The Kier molecular flexibility index (Phi) is 2.56. The minimum absolute atomic E-state index is 0.0672. The van der Waals surface area contributed by atoms with Gasteiger partial charge >= 0.3 is 5.69 Å². The van der Waals surface area contributed by atoms with Crippen LogP contribution >= 0.6 is 0 Å². The monoisotopic (exact) mass is 270 g/mol. The van der Waals surface area contributed by atoms with Crippen molar-refractivity contribution in [1.29, 1.82) is 0 Å². The van der Waals surface area contributed by atoms with Gasteiger partial charge in [-0.25, -0.2) is 4.79 Å². The highest BCUT2D eigenvalue weighted by Crippen LogP contribution is 2.25. The third kappa shape index (κ3) is 1.65. The lowest BCUT2D eigenvalue weighted by atomic mass is 10.1. The first-order chi connectivity index (χ1) is 9.84. The summed E-state index contributed by atoms with van der Waals surface area (Å²) in [7, 11) is 0. The lowest BCUT2D eigenvalue weighted by Gasteiger charge is -2.23. The first kappa shape index (κ1) is 11.6. The predicted octanol–water partition coefficient (Wildman–Crippen LogP) is 1.62. The largest absolute Gasteiger partial charge is 0.379 e. The first-order valence-corrected chi connectivity index (χ1v) is 6.78. The number of H-pyrrole nitrogens is 1. The number of ether oxygens (including phenoxy) is 1. The zero-order valence-electron chi connectivity index (χ0n) is 10.9. The molecule has 20 heavy (non-hydrogen) atoms. The summed E-state index contributed by atoms with van der Waals surface area (Å²) in [4.78, 5) is 15.1. The molecule has 1 aliphatic heterocycles. The summed E-state index contributed by atoms with van der Waals surface area (Å²) in [6.45, 7) is 1.34. The van der Waals surface area contributed by atoms with Gasteiger partial charge in [-0.05, 0) is 18.9 Å². The van der Waals surface area contributed by atoms with Crippen molar-refractivity contribution in [2.75, 3.05) is 13.2 Å². The van der Waals surface area contributed by atoms with E-state index >= 15 is 0 Å². The fraction of sp³-hybridized carbons (Fsp3) is 0.357. The maximum Gasteiger partial charge on any atom is 0.328 e. The van der Waals surface area contributed by atoms with Crippen LogP contribution in [0.15, 0.2) is 29.1 Å². The van der Waals surface area contributed by atoms with Crippen molar-refractivity contribution in [2.45, 2.75) is 18.9 Å². The van der Waals surface area contributed by atoms with Gasteiger partial charge in [0.2, 0.25) is 0 Å². The molecule has 6 nitrogen and oxygen atoms in total. The van der Waals surface area contributed by atoms with Gasteiger partial charge in [0.25, 0.3) is 0 Å². The van der Waals surface area contributed by atoms with Crippen LogP contribution < -0.4 is 5.69 Å². The molecule has 2 aromatic heterocycles. The molecule has 4 rings (SSSR count). The van der Waals surface area contributed by atoms with Crippen molar-refractivity contribution < 1.29 is 4.74 Å². The maximum absolute atomic E-state index is 12.3. The van der Waals surface area contributed by atoms with E-state index in [1.165, 1.54) is 0 Å². The van der Waals surface area contributed by atoms with E-state index in [-0.39, 0.29) is 11.7 Å². The van der Waals surface area contributed by atoms with Crippen LogP contribution in [0.3, 0.4) is 0 Å². The summed E-state index contributed by atoms with van der Waals surface area (Å²) < 4.78 is 7.30. The molecule has 1 aliphatic rings. The Labute approximate surface area is 114 Å². The molecule has 1 saturated heterocycles. The van der Waals surface area contributed by atoms with Crippen LogP contribution in [0, 0.1) is 0 Å². The molecule has 0 bridgehead atoms. The van der Waals surface area contributed by atoms with E-state index in [1.54, 1.807) is 4.57 Å². The summed E-state index contributed by atoms with van der Waals surface area (Å²) >= 11 is 0. The van der Waals surface area contributed by atoms with Gasteiger partial charge in [-0.2, -0.15) is 0 Å². The Morgan fingerprint density at radius 2 is 2.20 bits per heavy atom. The Bertz CT molecular complexity index is 830. The second-order valence-electron chi connectivity index (χ2n) is 5.09. The Hall–Kier alpha value is -2.21. The zero-order chi connectivity index (χ0) is 13.5. The molecule has 3 aromatic rings. The minimum atomic E-state index is -0.138. The van der Waals surface area contributed by atoms with E-state index in [1.807, 2.05) is 24.3 Å². The molecule has 6 heteroatoms. The average molecular weight is 270 g/mol. The second kappa shape index (κ2) is 4.42. The van der Waals surface area contributed by atoms with Crippen LogP contribution in [0.5, 0.6) is 0 Å². The SMILES string of the molecule is O=c1[nH]c2nnc3ccccc3c2n1C1CCCOC1. The van der Waals surface area contributed by atoms with E-state index in [9.17, 15) is 4.79 Å². The molecule has 0 saturated carbocycles. The van der Waals surface area contributed by atoms with Crippen LogP contribution in [0.25, 0.3) is 22.1 Å². The smallest absolute Gasteiger partial charge is 0.328 e. The summed E-state index contributed by atoms with van der Waals surface area (Å²) in [6, 6.07) is 7.81. The fourth-order valence-corrected chi connectivity index (χ4v) is 2.91. The first-order valence-electron chi connectivity index (χ1n) is 6.78. The number of nitrogens with zero attached hydrogens (tertiary/aromatic N) is 3. The molecule has 1 N–H and O–H groups in total. The number of aromatic amines is 1. The average Bonchev–Trinajstić information content (AvgIpc) is 2.84. The van der Waals surface area contributed by atoms with Gasteiger partial charge in [0.15, 0.2) is 5.65 Å². The molecule has 0 spiro atoms. The number of fused-ring (bicyclic) bond motifs is 3. The fourth-order valence-electron chi connectivity index (χ4n) is 2.91. The molecule has 1 aromatic carbocycles. The van der Waals surface area contributed by atoms with Gasteiger partial charge in [0, 0.05) is 12.0 Å². The number of hydrogen-bond acceptors (Lipinski definition) is 4. The third-order valence-electron chi connectivity index (χ3n) is 3.83. The molecule has 0 amide bonds. The molecule has 1 atom stereocenters. The molecule has 1 fully saturated rings. The Balaban J connectivity index is 2.05. The third-order valence-corrected chi connectivity index (χ3v) is 3.83. The van der Waals surface area contributed by atoms with Crippen molar-refractivity contribution in [3.05, 3.63) is 34.7 Å². The lowest BCUT2D eigenvalue weighted by molar-refractivity contribution is 0.0595. The van der Waals surface area contributed by atoms with Gasteiger partial charge in [0.05, 0.1) is 18.2 Å². The second-order valence-corrected chi connectivity index (χ2v) is 5.09. The van der Waals surface area contributed by atoms with Gasteiger partial charge in [-0.15, -0.1) is 10.2 Å². The molecule has 102 valence electrons. The van der Waals surface area contributed by atoms with Crippen molar-refractivity contribution in [2.24, 2.45) is 0 Å². The number of nitrogens with one attached hydrogen (secondary N) is 1. The van der Waals surface area contributed by atoms with Crippen molar-refractivity contribution >= 4 is 22.1 Å². The number of aromatic nitrogens is 4. The lowest BCUT2D eigenvalue weighted by Crippen LogP contribution is -2.28. The van der Waals surface area contributed by atoms with Crippen molar-refractivity contribution in [3.63, 3.8) is 0 Å². The molecular formula is C14H14N4O2. The van der Waals surface area contributed by atoms with E-state index in [0.29, 0.717) is 12.3 Å². The summed E-state index contributed by atoms with van der Waals surface area (Å²) in [5, 5.41) is 9.21. The summed E-state index contributed by atoms with van der Waals surface area (Å²) in [5.41, 5.74) is 2.03. The summed E-state index contributed by atoms with van der Waals surface area (Å²) in [5.74, 6) is 0. The Morgan fingerprint density at radius 1 is 1.30 bits per heavy atom. The van der Waals surface area contributed by atoms with Gasteiger partial charge in [-0.1, -0.05) is 18.2 Å². The maximum atomic E-state index is 12.3. The number of hydrogen-bond donors (Lipinski definition) is 1. The normalized spacial score (nSPS) is 19.7. The zero-order valence-corrected chi connectivity index (χ0v) is 10.9. The van der Waals surface area contributed by atoms with E-state index in [2.05, 4.69) is 15.2 Å². The van der Waals surface area contributed by atoms with E-state index < -0.39 is 0 Å². The standard InChI is InChI=1S/C14H14N4O2/c19-14-15-13-12(18(14)9-4-3-7-20-8-9)10-5-1-2-6-11(10)16-17-13/h1-2,5-6,9H,3-4,7-8H2,(H,15,17,19). The van der Waals surface area contributed by atoms with Crippen LogP contribution in [-0.4, -0.2) is 33.0 Å². The highest BCUT2D eigenvalue weighted by Gasteiger charge is 2.22. The molecule has 0 radical (unpaired) electrons. The van der Waals surface area contributed by atoms with E-state index in [4.69, 9.17) is 4.74 Å². The molecule has 3 heterocycles. The highest BCUT2D eigenvalue weighted by atomic mass is 16.5. The molecule has 0 aliphatic carbocycles. The predicted molar refractivity (Wildman–Crippen MR) is 74.7 cm³/mol.